The van der Waals surface area contributed by atoms with Crippen LogP contribution >= 0.6 is 11.3 Å². The Morgan fingerprint density at radius 1 is 1.53 bits per heavy atom. The Labute approximate surface area is 116 Å². The lowest BCUT2D eigenvalue weighted by Crippen LogP contribution is -2.45. The molecule has 0 spiro atoms. The van der Waals surface area contributed by atoms with Crippen LogP contribution in [-0.4, -0.2) is 28.0 Å². The molecule has 0 aliphatic heterocycles. The molecule has 0 saturated carbocycles. The van der Waals surface area contributed by atoms with Crippen LogP contribution in [0.2, 0.25) is 0 Å². The molecule has 1 unspecified atom stereocenters. The molecule has 1 amide bonds. The lowest BCUT2D eigenvalue weighted by atomic mass is 9.84. The van der Waals surface area contributed by atoms with Gasteiger partial charge in [-0.2, -0.15) is 0 Å². The van der Waals surface area contributed by atoms with Crippen molar-refractivity contribution in [3.63, 3.8) is 0 Å². The Morgan fingerprint density at radius 3 is 2.58 bits per heavy atom. The zero-order valence-electron chi connectivity index (χ0n) is 11.3. The first-order valence-corrected chi connectivity index (χ1v) is 6.77. The number of amides is 1. The number of rotatable bonds is 5. The fourth-order valence-electron chi connectivity index (χ4n) is 1.56. The molecular weight excluding hydrogens is 266 g/mol. The SMILES string of the molecule is CC(C)(C)C(CC(=O)O)NC(=O)Cc1csc(N)n1. The van der Waals surface area contributed by atoms with Gasteiger partial charge in [0.05, 0.1) is 18.5 Å². The van der Waals surface area contributed by atoms with Crippen LogP contribution in [0, 0.1) is 5.41 Å². The van der Waals surface area contributed by atoms with Gasteiger partial charge in [0.2, 0.25) is 5.91 Å². The molecule has 0 aliphatic carbocycles. The van der Waals surface area contributed by atoms with Crippen LogP contribution < -0.4 is 11.1 Å². The summed E-state index contributed by atoms with van der Waals surface area (Å²) in [4.78, 5) is 26.7. The van der Waals surface area contributed by atoms with Crippen LogP contribution in [-0.2, 0) is 16.0 Å². The molecule has 1 aromatic rings. The molecule has 106 valence electrons. The normalized spacial score (nSPS) is 13.0. The minimum absolute atomic E-state index is 0.103. The van der Waals surface area contributed by atoms with Crippen molar-refractivity contribution >= 4 is 28.3 Å². The van der Waals surface area contributed by atoms with Gasteiger partial charge in [0.25, 0.3) is 0 Å². The van der Waals surface area contributed by atoms with Gasteiger partial charge in [0.15, 0.2) is 5.13 Å². The number of nitrogens with one attached hydrogen (secondary N) is 1. The van der Waals surface area contributed by atoms with Crippen LogP contribution in [0.4, 0.5) is 5.13 Å². The van der Waals surface area contributed by atoms with E-state index in [1.165, 1.54) is 11.3 Å². The van der Waals surface area contributed by atoms with Crippen LogP contribution in [0.1, 0.15) is 32.9 Å². The van der Waals surface area contributed by atoms with E-state index in [1.54, 1.807) is 5.38 Å². The van der Waals surface area contributed by atoms with E-state index in [1.807, 2.05) is 20.8 Å². The van der Waals surface area contributed by atoms with Crippen molar-refractivity contribution in [2.24, 2.45) is 5.41 Å². The quantitative estimate of drug-likeness (QED) is 0.755. The van der Waals surface area contributed by atoms with E-state index in [2.05, 4.69) is 10.3 Å². The number of nitrogens with zero attached hydrogens (tertiary/aromatic N) is 1. The van der Waals surface area contributed by atoms with E-state index in [-0.39, 0.29) is 24.2 Å². The van der Waals surface area contributed by atoms with Crippen molar-refractivity contribution in [2.75, 3.05) is 5.73 Å². The summed E-state index contributed by atoms with van der Waals surface area (Å²) >= 11 is 1.27. The topological polar surface area (TPSA) is 105 Å². The van der Waals surface area contributed by atoms with E-state index >= 15 is 0 Å². The standard InChI is InChI=1S/C12H19N3O3S/c1-12(2,3)8(5-10(17)18)15-9(16)4-7-6-19-11(13)14-7/h6,8H,4-5H2,1-3H3,(H2,13,14)(H,15,16)(H,17,18). The second kappa shape index (κ2) is 6.01. The zero-order chi connectivity index (χ0) is 14.6. The molecule has 1 rings (SSSR count). The number of nitrogens with two attached hydrogens (primary N) is 1. The number of anilines is 1. The van der Waals surface area contributed by atoms with Gasteiger partial charge in [-0.3, -0.25) is 9.59 Å². The van der Waals surface area contributed by atoms with Crippen molar-refractivity contribution in [2.45, 2.75) is 39.7 Å². The molecule has 0 saturated heterocycles. The largest absolute Gasteiger partial charge is 0.481 e. The number of carbonyl (C=O) groups excluding carboxylic acids is 1. The predicted octanol–water partition coefficient (Wildman–Crippen LogP) is 1.27. The van der Waals surface area contributed by atoms with Gasteiger partial charge >= 0.3 is 5.97 Å². The highest BCUT2D eigenvalue weighted by Crippen LogP contribution is 2.22. The predicted molar refractivity (Wildman–Crippen MR) is 73.9 cm³/mol. The van der Waals surface area contributed by atoms with Gasteiger partial charge in [0, 0.05) is 11.4 Å². The van der Waals surface area contributed by atoms with Gasteiger partial charge in [-0.15, -0.1) is 11.3 Å². The summed E-state index contributed by atoms with van der Waals surface area (Å²) in [6, 6.07) is -0.423. The molecule has 1 atom stereocenters. The highest BCUT2D eigenvalue weighted by atomic mass is 32.1. The average molecular weight is 285 g/mol. The number of aromatic nitrogens is 1. The van der Waals surface area contributed by atoms with Crippen LogP contribution in [0.15, 0.2) is 5.38 Å². The number of aliphatic carboxylic acids is 1. The highest BCUT2D eigenvalue weighted by Gasteiger charge is 2.28. The number of hydrogen-bond acceptors (Lipinski definition) is 5. The Hall–Kier alpha value is -1.63. The van der Waals surface area contributed by atoms with Gasteiger partial charge in [-0.1, -0.05) is 20.8 Å². The monoisotopic (exact) mass is 285 g/mol. The third kappa shape index (κ3) is 5.25. The summed E-state index contributed by atoms with van der Waals surface area (Å²) in [5.41, 5.74) is 5.76. The van der Waals surface area contributed by atoms with Crippen LogP contribution in [0.3, 0.4) is 0 Å². The first kappa shape index (κ1) is 15.4. The smallest absolute Gasteiger partial charge is 0.305 e. The van der Waals surface area contributed by atoms with E-state index in [0.717, 1.165) is 0 Å². The molecule has 0 aromatic carbocycles. The lowest BCUT2D eigenvalue weighted by Gasteiger charge is -2.30. The Kier molecular flexibility index (Phi) is 4.88. The minimum atomic E-state index is -0.932. The van der Waals surface area contributed by atoms with Crippen molar-refractivity contribution in [1.82, 2.24) is 10.3 Å². The maximum absolute atomic E-state index is 11.9. The number of carbonyl (C=O) groups is 2. The first-order chi connectivity index (χ1) is 8.68. The number of nitrogen functional groups attached to an aromatic ring is 1. The van der Waals surface area contributed by atoms with Crippen LogP contribution in [0.25, 0.3) is 0 Å². The summed E-state index contributed by atoms with van der Waals surface area (Å²) in [5.74, 6) is -1.18. The molecule has 6 nitrogen and oxygen atoms in total. The Bertz CT molecular complexity index is 465. The summed E-state index contributed by atoms with van der Waals surface area (Å²) in [6.07, 6.45) is 0.00828. The number of hydrogen-bond donors (Lipinski definition) is 3. The summed E-state index contributed by atoms with van der Waals surface area (Å²) in [5, 5.41) is 13.8. The second-order valence-corrected chi connectivity index (χ2v) is 6.33. The Morgan fingerprint density at radius 2 is 2.16 bits per heavy atom. The molecule has 19 heavy (non-hydrogen) atoms. The Balaban J connectivity index is 2.63. The number of carboxylic acids is 1. The first-order valence-electron chi connectivity index (χ1n) is 5.89. The lowest BCUT2D eigenvalue weighted by molar-refractivity contribution is -0.138. The number of carboxylic acid groups (broad SMARTS) is 1. The molecule has 0 bridgehead atoms. The molecule has 0 radical (unpaired) electrons. The molecule has 0 fully saturated rings. The highest BCUT2D eigenvalue weighted by molar-refractivity contribution is 7.13. The molecule has 1 heterocycles. The van der Waals surface area contributed by atoms with Crippen molar-refractivity contribution < 1.29 is 14.7 Å². The summed E-state index contributed by atoms with van der Waals surface area (Å²) in [7, 11) is 0. The van der Waals surface area contributed by atoms with Gasteiger partial charge in [0.1, 0.15) is 0 Å². The van der Waals surface area contributed by atoms with Crippen molar-refractivity contribution in [3.05, 3.63) is 11.1 Å². The van der Waals surface area contributed by atoms with E-state index < -0.39 is 12.0 Å². The fourth-order valence-corrected chi connectivity index (χ4v) is 2.12. The number of thiazole rings is 1. The third-order valence-electron chi connectivity index (χ3n) is 2.67. The minimum Gasteiger partial charge on any atom is -0.481 e. The molecule has 4 N–H and O–H groups in total. The van der Waals surface area contributed by atoms with Crippen LogP contribution in [0.5, 0.6) is 0 Å². The summed E-state index contributed by atoms with van der Waals surface area (Å²) in [6.45, 7) is 5.67. The maximum Gasteiger partial charge on any atom is 0.305 e. The molecule has 7 heteroatoms. The molecular formula is C12H19N3O3S. The molecule has 0 aliphatic rings. The van der Waals surface area contributed by atoms with Gasteiger partial charge < -0.3 is 16.2 Å². The maximum atomic E-state index is 11.9. The van der Waals surface area contributed by atoms with Crippen molar-refractivity contribution in [1.29, 1.82) is 0 Å². The van der Waals surface area contributed by atoms with E-state index in [4.69, 9.17) is 10.8 Å². The third-order valence-corrected chi connectivity index (χ3v) is 3.39. The van der Waals surface area contributed by atoms with E-state index in [9.17, 15) is 9.59 Å². The van der Waals surface area contributed by atoms with Gasteiger partial charge in [-0.05, 0) is 5.41 Å². The average Bonchev–Trinajstić information content (AvgIpc) is 2.60. The second-order valence-electron chi connectivity index (χ2n) is 5.44. The van der Waals surface area contributed by atoms with Gasteiger partial charge in [-0.25, -0.2) is 4.98 Å². The van der Waals surface area contributed by atoms with Crippen molar-refractivity contribution in [3.8, 4) is 0 Å². The van der Waals surface area contributed by atoms with E-state index in [0.29, 0.717) is 10.8 Å². The zero-order valence-corrected chi connectivity index (χ0v) is 12.1. The summed E-state index contributed by atoms with van der Waals surface area (Å²) < 4.78 is 0. The molecule has 1 aromatic heterocycles. The fraction of sp³-hybridized carbons (Fsp3) is 0.583.